The summed E-state index contributed by atoms with van der Waals surface area (Å²) in [6, 6.07) is 17.3. The minimum Gasteiger partial charge on any atom is -0.478 e. The normalized spacial score (nSPS) is 10.8. The molecule has 2 nitrogen and oxygen atoms in total. The Morgan fingerprint density at radius 2 is 1.81 bits per heavy atom. The van der Waals surface area contributed by atoms with E-state index in [4.69, 9.17) is 11.6 Å². The first kappa shape index (κ1) is 13.7. The fourth-order valence-electron chi connectivity index (χ4n) is 2.61. The van der Waals surface area contributed by atoms with Gasteiger partial charge in [0, 0.05) is 0 Å². The highest BCUT2D eigenvalue weighted by Gasteiger charge is 2.13. The van der Waals surface area contributed by atoms with E-state index in [1.807, 2.05) is 43.3 Å². The van der Waals surface area contributed by atoms with Gasteiger partial charge in [-0.3, -0.25) is 0 Å². The van der Waals surface area contributed by atoms with E-state index in [-0.39, 0.29) is 10.6 Å². The molecule has 0 unspecified atom stereocenters. The van der Waals surface area contributed by atoms with Crippen LogP contribution < -0.4 is 0 Å². The average Bonchev–Trinajstić information content (AvgIpc) is 2.48. The summed E-state index contributed by atoms with van der Waals surface area (Å²) < 4.78 is 0. The van der Waals surface area contributed by atoms with E-state index in [0.717, 1.165) is 27.5 Å². The number of rotatable bonds is 2. The van der Waals surface area contributed by atoms with Crippen molar-refractivity contribution in [3.8, 4) is 11.1 Å². The van der Waals surface area contributed by atoms with E-state index in [0.29, 0.717) is 0 Å². The van der Waals surface area contributed by atoms with Crippen LogP contribution in [0.1, 0.15) is 15.9 Å². The zero-order valence-corrected chi connectivity index (χ0v) is 12.2. The Labute approximate surface area is 127 Å². The van der Waals surface area contributed by atoms with E-state index in [1.165, 1.54) is 0 Å². The van der Waals surface area contributed by atoms with Crippen molar-refractivity contribution in [1.29, 1.82) is 0 Å². The molecule has 3 aromatic rings. The van der Waals surface area contributed by atoms with E-state index in [2.05, 4.69) is 6.07 Å². The second-order valence-electron chi connectivity index (χ2n) is 4.98. The van der Waals surface area contributed by atoms with Crippen molar-refractivity contribution in [2.45, 2.75) is 6.92 Å². The predicted octanol–water partition coefficient (Wildman–Crippen LogP) is 5.17. The van der Waals surface area contributed by atoms with E-state index in [1.54, 1.807) is 12.1 Å². The molecule has 0 aliphatic rings. The van der Waals surface area contributed by atoms with Crippen molar-refractivity contribution in [2.75, 3.05) is 0 Å². The lowest BCUT2D eigenvalue weighted by Crippen LogP contribution is -1.98. The number of carbonyl (C=O) groups is 1. The molecule has 3 aromatic carbocycles. The minimum atomic E-state index is -1.01. The second kappa shape index (κ2) is 5.23. The molecule has 0 aromatic heterocycles. The molecule has 3 rings (SSSR count). The molecule has 0 bridgehead atoms. The summed E-state index contributed by atoms with van der Waals surface area (Å²) in [6.07, 6.45) is 0. The number of halogens is 1. The molecule has 3 heteroatoms. The third kappa shape index (κ3) is 2.39. The van der Waals surface area contributed by atoms with Crippen molar-refractivity contribution in [1.82, 2.24) is 0 Å². The molecule has 0 fully saturated rings. The van der Waals surface area contributed by atoms with Crippen LogP contribution in [0.2, 0.25) is 5.02 Å². The Morgan fingerprint density at radius 3 is 2.57 bits per heavy atom. The molecule has 21 heavy (non-hydrogen) atoms. The van der Waals surface area contributed by atoms with Crippen LogP contribution in [-0.2, 0) is 0 Å². The summed E-state index contributed by atoms with van der Waals surface area (Å²) in [7, 11) is 0. The van der Waals surface area contributed by atoms with Crippen LogP contribution in [0.3, 0.4) is 0 Å². The molecule has 0 amide bonds. The molecular weight excluding hydrogens is 284 g/mol. The first-order valence-electron chi connectivity index (χ1n) is 6.59. The van der Waals surface area contributed by atoms with Gasteiger partial charge in [-0.15, -0.1) is 0 Å². The number of aryl methyl sites for hydroxylation is 1. The zero-order chi connectivity index (χ0) is 15.0. The largest absolute Gasteiger partial charge is 0.478 e. The van der Waals surface area contributed by atoms with Crippen LogP contribution in [0.4, 0.5) is 0 Å². The predicted molar refractivity (Wildman–Crippen MR) is 86.1 cm³/mol. The summed E-state index contributed by atoms with van der Waals surface area (Å²) in [4.78, 5) is 11.3. The van der Waals surface area contributed by atoms with E-state index >= 15 is 0 Å². The molecule has 0 radical (unpaired) electrons. The van der Waals surface area contributed by atoms with Gasteiger partial charge in [0.1, 0.15) is 0 Å². The van der Waals surface area contributed by atoms with Crippen LogP contribution in [0.25, 0.3) is 21.9 Å². The fraction of sp³-hybridized carbons (Fsp3) is 0.0556. The highest BCUT2D eigenvalue weighted by molar-refractivity contribution is 6.33. The molecule has 104 valence electrons. The van der Waals surface area contributed by atoms with Crippen molar-refractivity contribution in [2.24, 2.45) is 0 Å². The topological polar surface area (TPSA) is 37.3 Å². The highest BCUT2D eigenvalue weighted by atomic mass is 35.5. The molecular formula is C18H13ClO2. The standard InChI is InChI=1S/C18H13ClO2/c1-11-6-7-12-4-2-3-5-14(12)17(11)13-8-9-16(19)15(10-13)18(20)21/h2-10H,1H3,(H,20,21). The Kier molecular flexibility index (Phi) is 3.40. The van der Waals surface area contributed by atoms with Crippen LogP contribution in [-0.4, -0.2) is 11.1 Å². The van der Waals surface area contributed by atoms with Gasteiger partial charge in [-0.2, -0.15) is 0 Å². The maximum Gasteiger partial charge on any atom is 0.337 e. The van der Waals surface area contributed by atoms with Gasteiger partial charge in [0.25, 0.3) is 0 Å². The lowest BCUT2D eigenvalue weighted by Gasteiger charge is -2.12. The Balaban J connectivity index is 2.33. The minimum absolute atomic E-state index is 0.126. The van der Waals surface area contributed by atoms with Gasteiger partial charge in [-0.25, -0.2) is 4.79 Å². The van der Waals surface area contributed by atoms with Gasteiger partial charge in [-0.05, 0) is 46.5 Å². The summed E-state index contributed by atoms with van der Waals surface area (Å²) in [6.45, 7) is 2.02. The van der Waals surface area contributed by atoms with Crippen molar-refractivity contribution in [3.63, 3.8) is 0 Å². The maximum absolute atomic E-state index is 11.3. The zero-order valence-electron chi connectivity index (χ0n) is 11.4. The lowest BCUT2D eigenvalue weighted by atomic mass is 9.93. The fourth-order valence-corrected chi connectivity index (χ4v) is 2.81. The Morgan fingerprint density at radius 1 is 1.05 bits per heavy atom. The number of fused-ring (bicyclic) bond motifs is 1. The van der Waals surface area contributed by atoms with Gasteiger partial charge >= 0.3 is 5.97 Å². The van der Waals surface area contributed by atoms with Gasteiger partial charge < -0.3 is 5.11 Å². The molecule has 0 saturated heterocycles. The summed E-state index contributed by atoms with van der Waals surface area (Å²) in [5.74, 6) is -1.01. The highest BCUT2D eigenvalue weighted by Crippen LogP contribution is 2.33. The third-order valence-corrected chi connectivity index (χ3v) is 3.95. The molecule has 0 atom stereocenters. The Hall–Kier alpha value is -2.32. The second-order valence-corrected chi connectivity index (χ2v) is 5.39. The molecule has 0 aliphatic heterocycles. The first-order chi connectivity index (χ1) is 10.1. The average molecular weight is 297 g/mol. The molecule has 0 saturated carbocycles. The van der Waals surface area contributed by atoms with Gasteiger partial charge in [0.05, 0.1) is 10.6 Å². The molecule has 0 heterocycles. The lowest BCUT2D eigenvalue weighted by molar-refractivity contribution is 0.0697. The number of hydrogen-bond acceptors (Lipinski definition) is 1. The molecule has 1 N–H and O–H groups in total. The van der Waals surface area contributed by atoms with Crippen molar-refractivity contribution < 1.29 is 9.90 Å². The quantitative estimate of drug-likeness (QED) is 0.708. The van der Waals surface area contributed by atoms with Gasteiger partial charge in [0.2, 0.25) is 0 Å². The van der Waals surface area contributed by atoms with Crippen LogP contribution in [0.5, 0.6) is 0 Å². The Bertz CT molecular complexity index is 853. The number of hydrogen-bond donors (Lipinski definition) is 1. The number of benzene rings is 3. The summed E-state index contributed by atoms with van der Waals surface area (Å²) in [5.41, 5.74) is 3.15. The molecule has 0 spiro atoms. The SMILES string of the molecule is Cc1ccc2ccccc2c1-c1ccc(Cl)c(C(=O)O)c1. The first-order valence-corrected chi connectivity index (χ1v) is 6.97. The smallest absolute Gasteiger partial charge is 0.337 e. The van der Waals surface area contributed by atoms with Gasteiger partial charge in [0.15, 0.2) is 0 Å². The van der Waals surface area contributed by atoms with Gasteiger partial charge in [-0.1, -0.05) is 54.1 Å². The summed E-state index contributed by atoms with van der Waals surface area (Å²) in [5, 5.41) is 11.7. The van der Waals surface area contributed by atoms with Crippen LogP contribution >= 0.6 is 11.6 Å². The number of aromatic carboxylic acids is 1. The van der Waals surface area contributed by atoms with E-state index < -0.39 is 5.97 Å². The maximum atomic E-state index is 11.3. The third-order valence-electron chi connectivity index (χ3n) is 3.62. The summed E-state index contributed by atoms with van der Waals surface area (Å²) >= 11 is 5.96. The van der Waals surface area contributed by atoms with Crippen molar-refractivity contribution >= 4 is 28.3 Å². The number of carboxylic acid groups (broad SMARTS) is 1. The molecule has 0 aliphatic carbocycles. The van der Waals surface area contributed by atoms with E-state index in [9.17, 15) is 9.90 Å². The van der Waals surface area contributed by atoms with Crippen LogP contribution in [0, 0.1) is 6.92 Å². The van der Waals surface area contributed by atoms with Crippen molar-refractivity contribution in [3.05, 3.63) is 70.7 Å². The van der Waals surface area contributed by atoms with Crippen LogP contribution in [0.15, 0.2) is 54.6 Å². The number of carboxylic acids is 1. The monoisotopic (exact) mass is 296 g/mol.